The minimum Gasteiger partial charge on any atom is -0.386 e. The Morgan fingerprint density at radius 3 is 2.53 bits per heavy atom. The van der Waals surface area contributed by atoms with E-state index < -0.39 is 16.1 Å². The molecule has 0 aromatic carbocycles. The highest BCUT2D eigenvalue weighted by Crippen LogP contribution is 2.05. The van der Waals surface area contributed by atoms with Crippen LogP contribution in [-0.2, 0) is 14.8 Å². The second kappa shape index (κ2) is 6.04. The van der Waals surface area contributed by atoms with Crippen LogP contribution < -0.4 is 5.73 Å². The van der Waals surface area contributed by atoms with Crippen molar-refractivity contribution in [2.45, 2.75) is 19.4 Å². The van der Waals surface area contributed by atoms with Gasteiger partial charge in [0.2, 0.25) is 10.0 Å². The van der Waals surface area contributed by atoms with Crippen LogP contribution in [0.1, 0.15) is 13.3 Å². The Bertz CT molecular complexity index is 302. The van der Waals surface area contributed by atoms with Crippen molar-refractivity contribution in [1.29, 1.82) is 5.41 Å². The van der Waals surface area contributed by atoms with Gasteiger partial charge in [-0.1, -0.05) is 0 Å². The molecule has 0 saturated heterocycles. The van der Waals surface area contributed by atoms with E-state index in [2.05, 4.69) is 0 Å². The third-order valence-electron chi connectivity index (χ3n) is 2.19. The van der Waals surface area contributed by atoms with Gasteiger partial charge in [0.15, 0.2) is 0 Å². The molecule has 0 saturated carbocycles. The number of nitrogens with one attached hydrogen (secondary N) is 1. The normalized spacial score (nSPS) is 14.1. The molecule has 15 heavy (non-hydrogen) atoms. The molecule has 1 unspecified atom stereocenters. The lowest BCUT2D eigenvalue weighted by molar-refractivity contribution is 0.199. The highest BCUT2D eigenvalue weighted by Gasteiger charge is 2.24. The first kappa shape index (κ1) is 14.3. The number of rotatable bonds is 7. The van der Waals surface area contributed by atoms with Crippen LogP contribution in [0, 0.1) is 5.41 Å². The van der Waals surface area contributed by atoms with Gasteiger partial charge in [-0.15, -0.1) is 0 Å². The van der Waals surface area contributed by atoms with Gasteiger partial charge in [-0.05, 0) is 13.3 Å². The first-order chi connectivity index (χ1) is 6.83. The minimum absolute atomic E-state index is 0.00889. The van der Waals surface area contributed by atoms with Crippen molar-refractivity contribution in [3.8, 4) is 0 Å². The number of methoxy groups -OCH3 is 1. The summed E-state index contributed by atoms with van der Waals surface area (Å²) in [5, 5.41) is 7.17. The molecule has 7 heteroatoms. The van der Waals surface area contributed by atoms with Crippen LogP contribution in [0.2, 0.25) is 0 Å². The molecule has 0 amide bonds. The van der Waals surface area contributed by atoms with Crippen molar-refractivity contribution >= 4 is 15.9 Å². The number of sulfonamides is 1. The summed E-state index contributed by atoms with van der Waals surface area (Å²) in [6.45, 7) is 1.98. The van der Waals surface area contributed by atoms with Gasteiger partial charge in [0.25, 0.3) is 0 Å². The quantitative estimate of drug-likeness (QED) is 0.358. The molecule has 0 spiro atoms. The summed E-state index contributed by atoms with van der Waals surface area (Å²) >= 11 is 0. The topological polar surface area (TPSA) is 96.5 Å². The first-order valence-corrected chi connectivity index (χ1v) is 6.22. The van der Waals surface area contributed by atoms with Gasteiger partial charge in [-0.2, -0.15) is 4.31 Å². The maximum Gasteiger partial charge on any atom is 0.214 e. The van der Waals surface area contributed by atoms with Crippen LogP contribution in [0.3, 0.4) is 0 Å². The van der Waals surface area contributed by atoms with Gasteiger partial charge in [-0.25, -0.2) is 8.42 Å². The molecule has 3 N–H and O–H groups in total. The molecule has 0 aliphatic heterocycles. The van der Waals surface area contributed by atoms with Crippen LogP contribution in [0.5, 0.6) is 0 Å². The second-order valence-corrected chi connectivity index (χ2v) is 5.46. The fourth-order valence-electron chi connectivity index (χ4n) is 0.966. The van der Waals surface area contributed by atoms with E-state index in [1.807, 2.05) is 0 Å². The average Bonchev–Trinajstić information content (AvgIpc) is 2.15. The molecule has 0 rings (SSSR count). The van der Waals surface area contributed by atoms with Crippen LogP contribution in [-0.4, -0.2) is 51.1 Å². The molecule has 90 valence electrons. The molecule has 0 heterocycles. The Labute approximate surface area is 91.0 Å². The molecule has 0 aromatic heterocycles. The average molecular weight is 237 g/mol. The first-order valence-electron chi connectivity index (χ1n) is 4.61. The van der Waals surface area contributed by atoms with E-state index in [-0.39, 0.29) is 11.6 Å². The number of nitrogens with two attached hydrogens (primary N) is 1. The predicted octanol–water partition coefficient (Wildman–Crippen LogP) is -0.391. The van der Waals surface area contributed by atoms with Crippen molar-refractivity contribution < 1.29 is 13.2 Å². The molecule has 0 aliphatic carbocycles. The molecule has 0 bridgehead atoms. The third-order valence-corrected chi connectivity index (χ3v) is 4.18. The molecular formula is C8H19N3O3S. The minimum atomic E-state index is -3.34. The van der Waals surface area contributed by atoms with Crippen molar-refractivity contribution in [2.75, 3.05) is 26.5 Å². The Morgan fingerprint density at radius 2 is 2.13 bits per heavy atom. The largest absolute Gasteiger partial charge is 0.386 e. The van der Waals surface area contributed by atoms with Crippen molar-refractivity contribution in [3.05, 3.63) is 0 Å². The lowest BCUT2D eigenvalue weighted by Crippen LogP contribution is -2.44. The summed E-state index contributed by atoms with van der Waals surface area (Å²) in [7, 11) is -0.397. The van der Waals surface area contributed by atoms with E-state index in [1.54, 1.807) is 6.92 Å². The van der Waals surface area contributed by atoms with E-state index in [4.69, 9.17) is 15.9 Å². The predicted molar refractivity (Wildman–Crippen MR) is 59.4 cm³/mol. The van der Waals surface area contributed by atoms with E-state index in [0.717, 1.165) is 4.31 Å². The highest BCUT2D eigenvalue weighted by atomic mass is 32.2. The van der Waals surface area contributed by atoms with E-state index in [0.29, 0.717) is 13.0 Å². The monoisotopic (exact) mass is 237 g/mol. The fourth-order valence-corrected chi connectivity index (χ4v) is 2.33. The summed E-state index contributed by atoms with van der Waals surface area (Å²) in [6.07, 6.45) is 0.438. The van der Waals surface area contributed by atoms with Gasteiger partial charge < -0.3 is 10.5 Å². The zero-order chi connectivity index (χ0) is 12.1. The van der Waals surface area contributed by atoms with Gasteiger partial charge in [-0.3, -0.25) is 5.41 Å². The third kappa shape index (κ3) is 4.59. The molecule has 0 aromatic rings. The van der Waals surface area contributed by atoms with Crippen LogP contribution in [0.25, 0.3) is 0 Å². The second-order valence-electron chi connectivity index (χ2n) is 3.31. The Kier molecular flexibility index (Phi) is 5.77. The number of ether oxygens (including phenoxy) is 1. The lowest BCUT2D eigenvalue weighted by Gasteiger charge is -2.22. The van der Waals surface area contributed by atoms with E-state index >= 15 is 0 Å². The van der Waals surface area contributed by atoms with Gasteiger partial charge in [0, 0.05) is 20.8 Å². The van der Waals surface area contributed by atoms with Gasteiger partial charge >= 0.3 is 0 Å². The summed E-state index contributed by atoms with van der Waals surface area (Å²) in [4.78, 5) is 0. The van der Waals surface area contributed by atoms with Crippen LogP contribution >= 0.6 is 0 Å². The van der Waals surface area contributed by atoms with Gasteiger partial charge in [0.05, 0.1) is 11.8 Å². The maximum absolute atomic E-state index is 11.7. The summed E-state index contributed by atoms with van der Waals surface area (Å²) < 4.78 is 29.2. The molecule has 6 nitrogen and oxygen atoms in total. The smallest absolute Gasteiger partial charge is 0.214 e. The summed E-state index contributed by atoms with van der Waals surface area (Å²) in [5.74, 6) is -0.151. The number of likely N-dealkylation sites (N-methyl/N-ethyl adjacent to an activating group) is 1. The number of amidine groups is 1. The van der Waals surface area contributed by atoms with Gasteiger partial charge in [0.1, 0.15) is 5.84 Å². The molecule has 1 atom stereocenters. The zero-order valence-corrected chi connectivity index (χ0v) is 10.2. The standard InChI is InChI=1S/C8H19N3O3S/c1-7(8(9)10)11(2)15(12,13)6-4-5-14-3/h7H,4-6H2,1-3H3,(H3,9,10). The SMILES string of the molecule is COCCCS(=O)(=O)N(C)C(C)C(=N)N. The summed E-state index contributed by atoms with van der Waals surface area (Å²) in [5.41, 5.74) is 5.24. The van der Waals surface area contributed by atoms with E-state index in [1.165, 1.54) is 14.2 Å². The Hall–Kier alpha value is -0.660. The number of hydrogen-bond acceptors (Lipinski definition) is 4. The Balaban J connectivity index is 4.39. The fraction of sp³-hybridized carbons (Fsp3) is 0.875. The Morgan fingerprint density at radius 1 is 1.60 bits per heavy atom. The van der Waals surface area contributed by atoms with E-state index in [9.17, 15) is 8.42 Å². The van der Waals surface area contributed by atoms with Crippen LogP contribution in [0.15, 0.2) is 0 Å². The summed E-state index contributed by atoms with van der Waals surface area (Å²) in [6, 6.07) is -0.599. The lowest BCUT2D eigenvalue weighted by atomic mass is 10.3. The molecule has 0 radical (unpaired) electrons. The molecule has 0 aliphatic rings. The molecular weight excluding hydrogens is 218 g/mol. The zero-order valence-electron chi connectivity index (χ0n) is 9.36. The number of nitrogens with zero attached hydrogens (tertiary/aromatic N) is 1. The number of hydrogen-bond donors (Lipinski definition) is 2. The van der Waals surface area contributed by atoms with Crippen molar-refractivity contribution in [2.24, 2.45) is 5.73 Å². The van der Waals surface area contributed by atoms with Crippen LogP contribution in [0.4, 0.5) is 0 Å². The molecule has 0 fully saturated rings. The highest BCUT2D eigenvalue weighted by molar-refractivity contribution is 7.89. The van der Waals surface area contributed by atoms with Crippen molar-refractivity contribution in [1.82, 2.24) is 4.31 Å². The van der Waals surface area contributed by atoms with Crippen molar-refractivity contribution in [3.63, 3.8) is 0 Å². The maximum atomic E-state index is 11.7.